The van der Waals surface area contributed by atoms with Crippen LogP contribution in [0.3, 0.4) is 0 Å². The summed E-state index contributed by atoms with van der Waals surface area (Å²) in [5.74, 6) is 0. The van der Waals surface area contributed by atoms with Crippen molar-refractivity contribution in [2.24, 2.45) is 0 Å². The number of nitrogens with one attached hydrogen (secondary N) is 1. The Morgan fingerprint density at radius 2 is 2.17 bits per heavy atom. The minimum Gasteiger partial charge on any atom is -0.310 e. The smallest absolute Gasteiger partial charge is 0.0321 e. The van der Waals surface area contributed by atoms with Crippen LogP contribution in [0.5, 0.6) is 0 Å². The Labute approximate surface area is 75.3 Å². The Hall–Kier alpha value is -0.0800. The molecular weight excluding hydrogens is 148 g/mol. The normalized spacial score (nSPS) is 37.2. The molecule has 0 bridgehead atoms. The van der Waals surface area contributed by atoms with Crippen LogP contribution >= 0.6 is 0 Å². The summed E-state index contributed by atoms with van der Waals surface area (Å²) in [6, 6.07) is 0.728. The summed E-state index contributed by atoms with van der Waals surface area (Å²) in [4.78, 5) is 2.60. The van der Waals surface area contributed by atoms with Gasteiger partial charge in [0.1, 0.15) is 0 Å². The second-order valence-electron chi connectivity index (χ2n) is 4.62. The molecule has 2 aliphatic heterocycles. The van der Waals surface area contributed by atoms with E-state index in [1.54, 1.807) is 0 Å². The first-order chi connectivity index (χ1) is 5.72. The van der Waals surface area contributed by atoms with E-state index in [4.69, 9.17) is 0 Å². The van der Waals surface area contributed by atoms with E-state index in [1.165, 1.54) is 38.9 Å². The summed E-state index contributed by atoms with van der Waals surface area (Å²) in [5.41, 5.74) is 0.518. The molecule has 2 heteroatoms. The highest BCUT2D eigenvalue weighted by molar-refractivity contribution is 5.01. The van der Waals surface area contributed by atoms with Gasteiger partial charge in [0.05, 0.1) is 0 Å². The highest BCUT2D eigenvalue weighted by Gasteiger charge is 2.40. The van der Waals surface area contributed by atoms with E-state index in [0.29, 0.717) is 5.54 Å². The molecule has 0 aromatic rings. The fourth-order valence-corrected chi connectivity index (χ4v) is 2.56. The van der Waals surface area contributed by atoms with Crippen molar-refractivity contribution in [2.45, 2.75) is 44.7 Å². The lowest BCUT2D eigenvalue weighted by atomic mass is 9.97. The topological polar surface area (TPSA) is 15.3 Å². The molecule has 2 aliphatic rings. The van der Waals surface area contributed by atoms with Crippen molar-refractivity contribution in [3.8, 4) is 0 Å². The van der Waals surface area contributed by atoms with Gasteiger partial charge in [-0.25, -0.2) is 0 Å². The maximum absolute atomic E-state index is 3.68. The molecule has 2 fully saturated rings. The van der Waals surface area contributed by atoms with Gasteiger partial charge in [-0.05, 0) is 39.7 Å². The molecule has 0 radical (unpaired) electrons. The highest BCUT2D eigenvalue weighted by Crippen LogP contribution is 2.30. The van der Waals surface area contributed by atoms with Gasteiger partial charge in [-0.3, -0.25) is 4.90 Å². The molecule has 2 heterocycles. The summed E-state index contributed by atoms with van der Waals surface area (Å²) in [5, 5.41) is 3.68. The van der Waals surface area contributed by atoms with Crippen molar-refractivity contribution in [3.05, 3.63) is 0 Å². The van der Waals surface area contributed by atoms with E-state index in [0.717, 1.165) is 6.04 Å². The van der Waals surface area contributed by atoms with Crippen molar-refractivity contribution >= 4 is 0 Å². The maximum Gasteiger partial charge on any atom is 0.0321 e. The van der Waals surface area contributed by atoms with Crippen LogP contribution in [-0.4, -0.2) is 36.1 Å². The molecule has 0 aliphatic carbocycles. The summed E-state index contributed by atoms with van der Waals surface area (Å²) in [7, 11) is 0. The van der Waals surface area contributed by atoms with Gasteiger partial charge in [0.25, 0.3) is 0 Å². The molecule has 1 spiro atoms. The third kappa shape index (κ3) is 1.38. The van der Waals surface area contributed by atoms with Crippen LogP contribution in [0, 0.1) is 0 Å². The largest absolute Gasteiger partial charge is 0.310 e. The number of hydrogen-bond acceptors (Lipinski definition) is 2. The Balaban J connectivity index is 1.96. The fraction of sp³-hybridized carbons (Fsp3) is 1.00. The van der Waals surface area contributed by atoms with Crippen molar-refractivity contribution < 1.29 is 0 Å². The van der Waals surface area contributed by atoms with Crippen LogP contribution in [-0.2, 0) is 0 Å². The van der Waals surface area contributed by atoms with E-state index < -0.39 is 0 Å². The van der Waals surface area contributed by atoms with E-state index in [1.807, 2.05) is 0 Å². The molecule has 0 amide bonds. The molecule has 1 N–H and O–H groups in total. The summed E-state index contributed by atoms with van der Waals surface area (Å²) >= 11 is 0. The Morgan fingerprint density at radius 3 is 2.67 bits per heavy atom. The predicted molar refractivity (Wildman–Crippen MR) is 51.3 cm³/mol. The molecule has 2 rings (SSSR count). The molecule has 0 aromatic heterocycles. The summed E-state index contributed by atoms with van der Waals surface area (Å²) in [6.45, 7) is 8.42. The summed E-state index contributed by atoms with van der Waals surface area (Å²) in [6.07, 6.45) is 4.15. The standard InChI is InChI=1S/C10H20N2/c1-9(2)12-7-5-10(8-12)4-3-6-11-10/h9,11H,3-8H2,1-2H3/t10-/m0/s1. The zero-order chi connectivity index (χ0) is 8.60. The van der Waals surface area contributed by atoms with Crippen LogP contribution in [0.2, 0.25) is 0 Å². The maximum atomic E-state index is 3.68. The lowest BCUT2D eigenvalue weighted by molar-refractivity contribution is 0.249. The Morgan fingerprint density at radius 1 is 1.33 bits per heavy atom. The fourth-order valence-electron chi connectivity index (χ4n) is 2.56. The average Bonchev–Trinajstić information content (AvgIpc) is 2.62. The van der Waals surface area contributed by atoms with E-state index >= 15 is 0 Å². The molecule has 0 saturated carbocycles. The van der Waals surface area contributed by atoms with E-state index in [9.17, 15) is 0 Å². The molecule has 70 valence electrons. The Bertz CT molecular complexity index is 159. The first-order valence-electron chi connectivity index (χ1n) is 5.21. The van der Waals surface area contributed by atoms with Gasteiger partial charge in [-0.2, -0.15) is 0 Å². The van der Waals surface area contributed by atoms with E-state index in [2.05, 4.69) is 24.1 Å². The second-order valence-corrected chi connectivity index (χ2v) is 4.62. The van der Waals surface area contributed by atoms with Gasteiger partial charge in [-0.15, -0.1) is 0 Å². The monoisotopic (exact) mass is 168 g/mol. The van der Waals surface area contributed by atoms with Crippen LogP contribution < -0.4 is 5.32 Å². The third-order valence-electron chi connectivity index (χ3n) is 3.45. The lowest BCUT2D eigenvalue weighted by Gasteiger charge is -2.26. The van der Waals surface area contributed by atoms with Crippen molar-refractivity contribution in [3.63, 3.8) is 0 Å². The average molecular weight is 168 g/mol. The number of rotatable bonds is 1. The lowest BCUT2D eigenvalue weighted by Crippen LogP contribution is -2.43. The minimum absolute atomic E-state index is 0.518. The SMILES string of the molecule is CC(C)N1CC[C@@]2(CCCN2)C1. The van der Waals surface area contributed by atoms with Crippen molar-refractivity contribution in [1.82, 2.24) is 10.2 Å². The third-order valence-corrected chi connectivity index (χ3v) is 3.45. The zero-order valence-corrected chi connectivity index (χ0v) is 8.27. The molecule has 0 aromatic carbocycles. The van der Waals surface area contributed by atoms with Crippen molar-refractivity contribution in [2.75, 3.05) is 19.6 Å². The zero-order valence-electron chi connectivity index (χ0n) is 8.27. The van der Waals surface area contributed by atoms with Gasteiger partial charge in [0.15, 0.2) is 0 Å². The summed E-state index contributed by atoms with van der Waals surface area (Å²) < 4.78 is 0. The molecule has 1 atom stereocenters. The van der Waals surface area contributed by atoms with Crippen LogP contribution in [0.15, 0.2) is 0 Å². The van der Waals surface area contributed by atoms with Crippen LogP contribution in [0.25, 0.3) is 0 Å². The van der Waals surface area contributed by atoms with Gasteiger partial charge in [0, 0.05) is 24.7 Å². The molecule has 12 heavy (non-hydrogen) atoms. The second kappa shape index (κ2) is 3.00. The number of hydrogen-bond donors (Lipinski definition) is 1. The number of likely N-dealkylation sites (tertiary alicyclic amines) is 1. The van der Waals surface area contributed by atoms with Gasteiger partial charge < -0.3 is 5.32 Å². The molecular formula is C10H20N2. The molecule has 2 nitrogen and oxygen atoms in total. The predicted octanol–water partition coefficient (Wildman–Crippen LogP) is 1.22. The van der Waals surface area contributed by atoms with Crippen LogP contribution in [0.1, 0.15) is 33.1 Å². The minimum atomic E-state index is 0.518. The Kier molecular flexibility index (Phi) is 2.13. The molecule has 0 unspecified atom stereocenters. The van der Waals surface area contributed by atoms with Gasteiger partial charge in [0.2, 0.25) is 0 Å². The molecule has 2 saturated heterocycles. The van der Waals surface area contributed by atoms with Gasteiger partial charge in [-0.1, -0.05) is 0 Å². The quantitative estimate of drug-likeness (QED) is 0.633. The number of nitrogens with zero attached hydrogens (tertiary/aromatic N) is 1. The van der Waals surface area contributed by atoms with E-state index in [-0.39, 0.29) is 0 Å². The van der Waals surface area contributed by atoms with Crippen molar-refractivity contribution in [1.29, 1.82) is 0 Å². The highest BCUT2D eigenvalue weighted by atomic mass is 15.2. The van der Waals surface area contributed by atoms with Crippen LogP contribution in [0.4, 0.5) is 0 Å². The first-order valence-corrected chi connectivity index (χ1v) is 5.21. The van der Waals surface area contributed by atoms with Gasteiger partial charge >= 0.3 is 0 Å². The first kappa shape index (κ1) is 8.52.